The fourth-order valence-electron chi connectivity index (χ4n) is 2.70. The molecule has 0 aromatic rings. The van der Waals surface area contributed by atoms with E-state index in [2.05, 4.69) is 4.74 Å². The Kier molecular flexibility index (Phi) is 7.31. The lowest BCUT2D eigenvalue weighted by Crippen LogP contribution is -2.47. The van der Waals surface area contributed by atoms with Gasteiger partial charge in [0.25, 0.3) is 0 Å². The van der Waals surface area contributed by atoms with Gasteiger partial charge in [-0.1, -0.05) is 13.8 Å². The Morgan fingerprint density at radius 1 is 1.26 bits per heavy atom. The van der Waals surface area contributed by atoms with Crippen molar-refractivity contribution >= 4 is 11.9 Å². The number of likely N-dealkylation sites (tertiary alicyclic amines) is 1. The molecular weight excluding hydrogens is 313 g/mol. The largest absolute Gasteiger partial charge is 0.469 e. The molecule has 1 aliphatic heterocycles. The first kappa shape index (κ1) is 19.7. The van der Waals surface area contributed by atoms with E-state index in [1.54, 1.807) is 18.7 Å². The average Bonchev–Trinajstić information content (AvgIpc) is 2.44. The zero-order valence-corrected chi connectivity index (χ0v) is 13.9. The molecule has 1 amide bonds. The number of carbonyl (C=O) groups is 2. The first-order valence-electron chi connectivity index (χ1n) is 7.77. The molecule has 5 nitrogen and oxygen atoms in total. The molecule has 1 heterocycles. The summed E-state index contributed by atoms with van der Waals surface area (Å²) in [5, 5.41) is 0. The number of hydrogen-bond donors (Lipinski definition) is 0. The van der Waals surface area contributed by atoms with Crippen LogP contribution in [0.25, 0.3) is 0 Å². The van der Waals surface area contributed by atoms with E-state index in [0.717, 1.165) is 4.90 Å². The molecule has 8 heteroatoms. The molecule has 0 spiro atoms. The second-order valence-electron chi connectivity index (χ2n) is 6.36. The normalized spacial score (nSPS) is 17.3. The molecule has 23 heavy (non-hydrogen) atoms. The molecule has 0 N–H and O–H groups in total. The summed E-state index contributed by atoms with van der Waals surface area (Å²) >= 11 is 0. The van der Waals surface area contributed by atoms with Crippen molar-refractivity contribution in [3.05, 3.63) is 0 Å². The lowest BCUT2D eigenvalue weighted by Gasteiger charge is -2.33. The zero-order chi connectivity index (χ0) is 17.6. The van der Waals surface area contributed by atoms with Crippen LogP contribution in [0.1, 0.15) is 26.7 Å². The van der Waals surface area contributed by atoms with Gasteiger partial charge in [-0.15, -0.1) is 0 Å². The van der Waals surface area contributed by atoms with Crippen LogP contribution in [-0.4, -0.2) is 67.7 Å². The van der Waals surface area contributed by atoms with Crippen LogP contribution in [0.15, 0.2) is 0 Å². The zero-order valence-electron chi connectivity index (χ0n) is 13.9. The molecule has 0 unspecified atom stereocenters. The van der Waals surface area contributed by atoms with E-state index in [4.69, 9.17) is 0 Å². The summed E-state index contributed by atoms with van der Waals surface area (Å²) in [6.07, 6.45) is -3.28. The summed E-state index contributed by atoms with van der Waals surface area (Å²) in [6, 6.07) is 0. The number of esters is 1. The van der Waals surface area contributed by atoms with E-state index < -0.39 is 18.6 Å². The third-order valence-electron chi connectivity index (χ3n) is 3.79. The second kappa shape index (κ2) is 8.52. The van der Waals surface area contributed by atoms with E-state index in [0.29, 0.717) is 25.9 Å². The van der Waals surface area contributed by atoms with Gasteiger partial charge >= 0.3 is 12.1 Å². The minimum absolute atomic E-state index is 0.0358. The maximum atomic E-state index is 12.6. The monoisotopic (exact) mass is 338 g/mol. The molecule has 1 aliphatic rings. The van der Waals surface area contributed by atoms with E-state index in [1.807, 2.05) is 0 Å². The highest BCUT2D eigenvalue weighted by Gasteiger charge is 2.34. The third kappa shape index (κ3) is 7.20. The summed E-state index contributed by atoms with van der Waals surface area (Å²) < 4.78 is 42.5. The van der Waals surface area contributed by atoms with Crippen LogP contribution in [0.3, 0.4) is 0 Å². The van der Waals surface area contributed by atoms with Crippen LogP contribution in [0, 0.1) is 11.8 Å². The molecule has 134 valence electrons. The predicted octanol–water partition coefficient (Wildman–Crippen LogP) is 1.92. The number of rotatable bonds is 6. The van der Waals surface area contributed by atoms with Crippen molar-refractivity contribution in [1.29, 1.82) is 0 Å². The predicted molar refractivity (Wildman–Crippen MR) is 78.7 cm³/mol. The average molecular weight is 338 g/mol. The van der Waals surface area contributed by atoms with E-state index in [9.17, 15) is 22.8 Å². The molecule has 0 radical (unpaired) electrons. The highest BCUT2D eigenvalue weighted by Crippen LogP contribution is 2.20. The number of halogens is 3. The number of alkyl halides is 3. The Morgan fingerprint density at radius 3 is 2.26 bits per heavy atom. The van der Waals surface area contributed by atoms with Crippen LogP contribution < -0.4 is 0 Å². The molecule has 0 aliphatic carbocycles. The van der Waals surface area contributed by atoms with Gasteiger partial charge in [0.2, 0.25) is 5.91 Å². The number of piperidine rings is 1. The maximum Gasteiger partial charge on any atom is 0.406 e. The van der Waals surface area contributed by atoms with Gasteiger partial charge in [-0.05, 0) is 31.8 Å². The number of ether oxygens (including phenoxy) is 1. The Morgan fingerprint density at radius 2 is 1.83 bits per heavy atom. The van der Waals surface area contributed by atoms with Crippen molar-refractivity contribution in [3.63, 3.8) is 0 Å². The van der Waals surface area contributed by atoms with Gasteiger partial charge in [-0.3, -0.25) is 14.5 Å². The summed E-state index contributed by atoms with van der Waals surface area (Å²) in [5.74, 6) is -1.01. The minimum Gasteiger partial charge on any atom is -0.469 e. The summed E-state index contributed by atoms with van der Waals surface area (Å²) in [6.45, 7) is 3.38. The molecule has 1 rings (SSSR count). The quantitative estimate of drug-likeness (QED) is 0.695. The lowest BCUT2D eigenvalue weighted by molar-refractivity contribution is -0.163. The highest BCUT2D eigenvalue weighted by molar-refractivity contribution is 5.78. The van der Waals surface area contributed by atoms with Crippen LogP contribution in [0.5, 0.6) is 0 Å². The Balaban J connectivity index is 2.53. The van der Waals surface area contributed by atoms with Gasteiger partial charge in [0.15, 0.2) is 0 Å². The fraction of sp³-hybridized carbons (Fsp3) is 0.867. The van der Waals surface area contributed by atoms with Crippen LogP contribution >= 0.6 is 0 Å². The van der Waals surface area contributed by atoms with Crippen molar-refractivity contribution in [2.24, 2.45) is 11.8 Å². The topological polar surface area (TPSA) is 49.9 Å². The second-order valence-corrected chi connectivity index (χ2v) is 6.36. The third-order valence-corrected chi connectivity index (χ3v) is 3.79. The molecule has 0 aromatic carbocycles. The maximum absolute atomic E-state index is 12.6. The summed E-state index contributed by atoms with van der Waals surface area (Å²) in [5.41, 5.74) is 0. The Bertz CT molecular complexity index is 405. The SMILES string of the molecule is COC(=O)C1CCN(CC(=O)N(CC(C)C)CC(F)(F)F)CC1. The molecule has 0 saturated carbocycles. The standard InChI is InChI=1S/C15H25F3N2O3/c1-11(2)8-20(10-15(16,17)18)13(21)9-19-6-4-12(5-7-19)14(22)23-3/h11-12H,4-10H2,1-3H3. The van der Waals surface area contributed by atoms with Crippen molar-refractivity contribution in [1.82, 2.24) is 9.80 Å². The molecular formula is C15H25F3N2O3. The van der Waals surface area contributed by atoms with E-state index >= 15 is 0 Å². The van der Waals surface area contributed by atoms with Crippen molar-refractivity contribution < 1.29 is 27.5 Å². The number of nitrogens with zero attached hydrogens (tertiary/aromatic N) is 2. The number of amides is 1. The smallest absolute Gasteiger partial charge is 0.406 e. The van der Waals surface area contributed by atoms with Crippen LogP contribution in [0.2, 0.25) is 0 Å². The molecule has 1 saturated heterocycles. The Labute approximate surface area is 134 Å². The molecule has 1 fully saturated rings. The number of carbonyl (C=O) groups excluding carboxylic acids is 2. The van der Waals surface area contributed by atoms with Gasteiger partial charge in [0.1, 0.15) is 6.54 Å². The highest BCUT2D eigenvalue weighted by atomic mass is 19.4. The first-order chi connectivity index (χ1) is 10.6. The minimum atomic E-state index is -4.40. The summed E-state index contributed by atoms with van der Waals surface area (Å²) in [4.78, 5) is 26.3. The van der Waals surface area contributed by atoms with Crippen molar-refractivity contribution in [2.45, 2.75) is 32.9 Å². The van der Waals surface area contributed by atoms with Gasteiger partial charge in [-0.25, -0.2) is 0 Å². The van der Waals surface area contributed by atoms with Crippen LogP contribution in [0.4, 0.5) is 13.2 Å². The number of hydrogen-bond acceptors (Lipinski definition) is 4. The summed E-state index contributed by atoms with van der Waals surface area (Å²) in [7, 11) is 1.33. The molecule has 0 atom stereocenters. The van der Waals surface area contributed by atoms with Gasteiger partial charge in [-0.2, -0.15) is 13.2 Å². The van der Waals surface area contributed by atoms with Crippen molar-refractivity contribution in [3.8, 4) is 0 Å². The van der Waals surface area contributed by atoms with E-state index in [-0.39, 0.29) is 30.9 Å². The molecule has 0 bridgehead atoms. The Hall–Kier alpha value is -1.31. The number of methoxy groups -OCH3 is 1. The molecule has 0 aromatic heterocycles. The lowest BCUT2D eigenvalue weighted by atomic mass is 9.97. The fourth-order valence-corrected chi connectivity index (χ4v) is 2.70. The van der Waals surface area contributed by atoms with Gasteiger partial charge in [0, 0.05) is 6.54 Å². The first-order valence-corrected chi connectivity index (χ1v) is 7.77. The van der Waals surface area contributed by atoms with Crippen molar-refractivity contribution in [2.75, 3.05) is 39.8 Å². The van der Waals surface area contributed by atoms with Gasteiger partial charge in [0.05, 0.1) is 19.6 Å². The van der Waals surface area contributed by atoms with Gasteiger partial charge < -0.3 is 9.64 Å². The van der Waals surface area contributed by atoms with E-state index in [1.165, 1.54) is 7.11 Å². The van der Waals surface area contributed by atoms with Crippen LogP contribution in [-0.2, 0) is 14.3 Å².